The minimum absolute atomic E-state index is 0.324. The third kappa shape index (κ3) is 3.63. The van der Waals surface area contributed by atoms with Crippen LogP contribution in [0, 0.1) is 6.92 Å². The first-order chi connectivity index (χ1) is 15.2. The third-order valence-corrected chi connectivity index (χ3v) is 5.94. The van der Waals surface area contributed by atoms with Crippen molar-refractivity contribution in [3.05, 3.63) is 74.6 Å². The van der Waals surface area contributed by atoms with Gasteiger partial charge in [0.2, 0.25) is 5.95 Å². The molecule has 9 heteroatoms. The van der Waals surface area contributed by atoms with Gasteiger partial charge in [0.1, 0.15) is 0 Å². The Kier molecular flexibility index (Phi) is 5.71. The van der Waals surface area contributed by atoms with Gasteiger partial charge in [0, 0.05) is 14.0 Å². The number of imidazole rings is 1. The molecule has 0 aliphatic carbocycles. The van der Waals surface area contributed by atoms with Crippen molar-refractivity contribution in [2.75, 3.05) is 5.32 Å². The summed E-state index contributed by atoms with van der Waals surface area (Å²) in [4.78, 5) is 32.1. The van der Waals surface area contributed by atoms with E-state index in [0.717, 1.165) is 10.9 Å². The smallest absolute Gasteiger partial charge is 0.303 e. The van der Waals surface area contributed by atoms with E-state index in [2.05, 4.69) is 21.9 Å². The number of para-hydroxylation sites is 1. The number of carbonyl (C=O) groups is 1. The number of anilines is 2. The highest BCUT2D eigenvalue weighted by Crippen LogP contribution is 2.35. The fourth-order valence-electron chi connectivity index (χ4n) is 3.80. The summed E-state index contributed by atoms with van der Waals surface area (Å²) in [5.41, 5.74) is 2.74. The zero-order valence-electron chi connectivity index (χ0n) is 17.6. The molecule has 0 spiro atoms. The van der Waals surface area contributed by atoms with Crippen molar-refractivity contribution in [1.29, 1.82) is 0 Å². The van der Waals surface area contributed by atoms with Gasteiger partial charge in [-0.25, -0.2) is 4.98 Å². The molecule has 0 saturated heterocycles. The number of hydrogen-bond acceptors (Lipinski definition) is 5. The van der Waals surface area contributed by atoms with Crippen LogP contribution in [0.25, 0.3) is 21.8 Å². The zero-order valence-corrected chi connectivity index (χ0v) is 19.1. The number of aromatic amines is 1. The Labute approximate surface area is 193 Å². The molecule has 0 saturated carbocycles. The van der Waals surface area contributed by atoms with Crippen molar-refractivity contribution in [3.63, 3.8) is 0 Å². The molecule has 32 heavy (non-hydrogen) atoms. The van der Waals surface area contributed by atoms with Crippen LogP contribution in [-0.2, 0) is 16.6 Å². The van der Waals surface area contributed by atoms with Crippen molar-refractivity contribution in [1.82, 2.24) is 14.5 Å². The Hall–Kier alpha value is -3.29. The van der Waals surface area contributed by atoms with Gasteiger partial charge in [-0.15, -0.1) is 0 Å². The van der Waals surface area contributed by atoms with Crippen molar-refractivity contribution in [3.8, 4) is 0 Å². The van der Waals surface area contributed by atoms with Gasteiger partial charge in [0.25, 0.3) is 5.56 Å². The Morgan fingerprint density at radius 2 is 1.97 bits per heavy atom. The van der Waals surface area contributed by atoms with E-state index in [1.165, 1.54) is 13.0 Å². The number of aromatic nitrogens is 3. The number of nitrogens with zero attached hydrogens (tertiary/aromatic N) is 2. The van der Waals surface area contributed by atoms with E-state index in [-0.39, 0.29) is 5.56 Å². The molecule has 0 bridgehead atoms. The largest absolute Gasteiger partial charge is 0.452 e. The lowest BCUT2D eigenvalue weighted by Crippen LogP contribution is -2.17. The van der Waals surface area contributed by atoms with Crippen molar-refractivity contribution in [2.24, 2.45) is 7.05 Å². The summed E-state index contributed by atoms with van der Waals surface area (Å²) >= 11 is 12.6. The monoisotopic (exact) mass is 470 g/mol. The number of halogens is 2. The van der Waals surface area contributed by atoms with Gasteiger partial charge >= 0.3 is 5.97 Å². The Morgan fingerprint density at radius 1 is 1.28 bits per heavy atom. The van der Waals surface area contributed by atoms with Crippen LogP contribution < -0.4 is 10.9 Å². The molecule has 0 amide bonds. The molecule has 2 N–H and O–H groups in total. The highest BCUT2D eigenvalue weighted by atomic mass is 35.5. The van der Waals surface area contributed by atoms with Crippen molar-refractivity contribution >= 4 is 62.6 Å². The van der Waals surface area contributed by atoms with Gasteiger partial charge in [0.05, 0.1) is 37.8 Å². The number of fused-ring (bicyclic) bond motifs is 3. The number of esters is 1. The zero-order chi connectivity index (χ0) is 23.2. The lowest BCUT2D eigenvalue weighted by molar-refractivity contribution is -0.144. The molecule has 0 radical (unpaired) electrons. The first-order valence-electron chi connectivity index (χ1n) is 9.75. The first kappa shape index (κ1) is 21.9. The molecule has 1 unspecified atom stereocenters. The van der Waals surface area contributed by atoms with Crippen LogP contribution in [0.5, 0.6) is 0 Å². The van der Waals surface area contributed by atoms with Crippen molar-refractivity contribution < 1.29 is 9.53 Å². The number of hydrogen-bond donors (Lipinski definition) is 2. The topological polar surface area (TPSA) is 89.0 Å². The molecule has 0 fully saturated rings. The molecule has 7 nitrogen and oxygen atoms in total. The van der Waals surface area contributed by atoms with Gasteiger partial charge in [-0.1, -0.05) is 41.9 Å². The van der Waals surface area contributed by atoms with Crippen LogP contribution in [0.15, 0.2) is 47.8 Å². The molecule has 2 aromatic heterocycles. The molecule has 1 atom stereocenters. The van der Waals surface area contributed by atoms with Gasteiger partial charge in [-0.3, -0.25) is 9.59 Å². The van der Waals surface area contributed by atoms with Gasteiger partial charge < -0.3 is 19.6 Å². The number of rotatable bonds is 5. The first-order valence-corrected chi connectivity index (χ1v) is 10.5. The van der Waals surface area contributed by atoms with E-state index in [9.17, 15) is 9.59 Å². The average molecular weight is 471 g/mol. The molecule has 2 heterocycles. The quantitative estimate of drug-likeness (QED) is 0.294. The predicted octanol–water partition coefficient (Wildman–Crippen LogP) is 5.56. The maximum atomic E-state index is 13.2. The number of H-pyrrole nitrogens is 1. The second-order valence-electron chi connectivity index (χ2n) is 7.33. The lowest BCUT2D eigenvalue weighted by atomic mass is 10.0. The highest BCUT2D eigenvalue weighted by Gasteiger charge is 2.21. The van der Waals surface area contributed by atoms with E-state index in [1.54, 1.807) is 29.8 Å². The Bertz CT molecular complexity index is 1440. The van der Waals surface area contributed by atoms with Crippen molar-refractivity contribution in [2.45, 2.75) is 20.0 Å². The second kappa shape index (κ2) is 8.33. The SMILES string of the molecule is C=CC(OC(C)=O)c1[nH]c(=O)c2c(ccc3nc(Nc4c(Cl)cccc4Cl)n(C)c32)c1C. The standard InChI is InChI=1S/C23H20Cl2N4O3/c1-5-17(32-12(3)30)19-11(2)13-9-10-16-21(18(13)22(31)27-19)29(4)23(26-16)28-20-14(24)7-6-8-15(20)25/h5-10,17H,1H2,2-4H3,(H,26,28)(H,27,31). The molecular weight excluding hydrogens is 451 g/mol. The van der Waals surface area contributed by atoms with Crippen LogP contribution >= 0.6 is 23.2 Å². The van der Waals surface area contributed by atoms with Gasteiger partial charge in [-0.05, 0) is 42.1 Å². The molecular formula is C23H20Cl2N4O3. The third-order valence-electron chi connectivity index (χ3n) is 5.31. The summed E-state index contributed by atoms with van der Waals surface area (Å²) in [6.07, 6.45) is 0.718. The summed E-state index contributed by atoms with van der Waals surface area (Å²) in [5.74, 6) is 0.0128. The van der Waals surface area contributed by atoms with Crippen LogP contribution in [0.1, 0.15) is 24.3 Å². The molecule has 4 rings (SSSR count). The van der Waals surface area contributed by atoms with Crippen LogP contribution in [-0.4, -0.2) is 20.5 Å². The van der Waals surface area contributed by atoms with Crippen LogP contribution in [0.4, 0.5) is 11.6 Å². The van der Waals surface area contributed by atoms with E-state index >= 15 is 0 Å². The van der Waals surface area contributed by atoms with Crippen LogP contribution in [0.2, 0.25) is 10.0 Å². The number of benzene rings is 2. The van der Waals surface area contributed by atoms with E-state index in [1.807, 2.05) is 19.1 Å². The second-order valence-corrected chi connectivity index (χ2v) is 8.14. The fraction of sp³-hybridized carbons (Fsp3) is 0.174. The van der Waals surface area contributed by atoms with Gasteiger partial charge in [0.15, 0.2) is 6.10 Å². The van der Waals surface area contributed by atoms with E-state index < -0.39 is 12.1 Å². The maximum absolute atomic E-state index is 13.2. The normalized spacial score (nSPS) is 12.2. The predicted molar refractivity (Wildman–Crippen MR) is 128 cm³/mol. The van der Waals surface area contributed by atoms with Gasteiger partial charge in [-0.2, -0.15) is 0 Å². The lowest BCUT2D eigenvalue weighted by Gasteiger charge is -2.17. The Balaban J connectivity index is 1.92. The number of nitrogens with one attached hydrogen (secondary N) is 2. The van der Waals surface area contributed by atoms with Crippen LogP contribution in [0.3, 0.4) is 0 Å². The summed E-state index contributed by atoms with van der Waals surface area (Å²) in [7, 11) is 1.80. The number of ether oxygens (including phenoxy) is 1. The number of pyridine rings is 1. The minimum atomic E-state index is -0.758. The molecule has 164 valence electrons. The number of aryl methyl sites for hydroxylation is 2. The Morgan fingerprint density at radius 3 is 2.59 bits per heavy atom. The highest BCUT2D eigenvalue weighted by molar-refractivity contribution is 6.39. The molecule has 0 aliphatic heterocycles. The average Bonchev–Trinajstić information content (AvgIpc) is 3.06. The summed E-state index contributed by atoms with van der Waals surface area (Å²) in [5, 5.41) is 5.26. The molecule has 0 aliphatic rings. The summed E-state index contributed by atoms with van der Waals surface area (Å²) in [6, 6.07) is 8.87. The fourth-order valence-corrected chi connectivity index (χ4v) is 4.29. The minimum Gasteiger partial charge on any atom is -0.452 e. The summed E-state index contributed by atoms with van der Waals surface area (Å²) < 4.78 is 7.08. The van der Waals surface area contributed by atoms with E-state index in [4.69, 9.17) is 27.9 Å². The molecule has 4 aromatic rings. The molecule has 2 aromatic carbocycles. The summed E-state index contributed by atoms with van der Waals surface area (Å²) in [6.45, 7) is 6.89. The van der Waals surface area contributed by atoms with E-state index in [0.29, 0.717) is 43.8 Å². The number of carbonyl (C=O) groups excluding carboxylic acids is 1. The maximum Gasteiger partial charge on any atom is 0.303 e.